The number of thioether (sulfide) groups is 1. The number of nitrogens with zero attached hydrogens (tertiary/aromatic N) is 3. The van der Waals surface area contributed by atoms with Gasteiger partial charge in [0.25, 0.3) is 5.91 Å². The van der Waals surface area contributed by atoms with E-state index in [2.05, 4.69) is 32.7 Å². The third-order valence-electron chi connectivity index (χ3n) is 5.37. The van der Waals surface area contributed by atoms with Crippen molar-refractivity contribution in [2.45, 2.75) is 29.8 Å². The summed E-state index contributed by atoms with van der Waals surface area (Å²) in [5.41, 5.74) is 1.75. The molecule has 6 nitrogen and oxygen atoms in total. The lowest BCUT2D eigenvalue weighted by Crippen LogP contribution is -2.43. The third-order valence-corrected chi connectivity index (χ3v) is 7.02. The zero-order valence-corrected chi connectivity index (χ0v) is 18.0. The van der Waals surface area contributed by atoms with Crippen molar-refractivity contribution in [1.29, 1.82) is 5.26 Å². The van der Waals surface area contributed by atoms with E-state index in [9.17, 15) is 10.1 Å². The summed E-state index contributed by atoms with van der Waals surface area (Å²) in [5, 5.41) is 15.5. The molecule has 0 spiro atoms. The van der Waals surface area contributed by atoms with Gasteiger partial charge in [-0.15, -0.1) is 23.1 Å². The van der Waals surface area contributed by atoms with Gasteiger partial charge in [-0.2, -0.15) is 5.26 Å². The highest BCUT2D eigenvalue weighted by Crippen LogP contribution is 2.40. The molecule has 152 valence electrons. The van der Waals surface area contributed by atoms with Gasteiger partial charge in [0.1, 0.15) is 11.1 Å². The van der Waals surface area contributed by atoms with Gasteiger partial charge in [-0.25, -0.2) is 4.98 Å². The van der Waals surface area contributed by atoms with Gasteiger partial charge in [-0.3, -0.25) is 9.69 Å². The average Bonchev–Trinajstić information content (AvgIpc) is 3.48. The molecular weight excluding hydrogens is 404 g/mol. The van der Waals surface area contributed by atoms with E-state index in [4.69, 9.17) is 4.74 Å². The summed E-state index contributed by atoms with van der Waals surface area (Å²) < 4.78 is 5.49. The lowest BCUT2D eigenvalue weighted by Gasteiger charge is -2.34. The lowest BCUT2D eigenvalue weighted by atomic mass is 10.1. The number of nitriles is 1. The quantitative estimate of drug-likeness (QED) is 0.681. The highest BCUT2D eigenvalue weighted by molar-refractivity contribution is 7.98. The van der Waals surface area contributed by atoms with E-state index in [1.54, 1.807) is 11.3 Å². The molecule has 0 radical (unpaired) electrons. The Hall–Kier alpha value is -1.92. The fourth-order valence-electron chi connectivity index (χ4n) is 3.63. The molecule has 1 aliphatic heterocycles. The SMILES string of the molecule is CSc1nc(C2CC2)cc(C(=O)NCC(c2cccs2)N2CCOCC2)c1C#N. The average molecular weight is 429 g/mol. The molecule has 29 heavy (non-hydrogen) atoms. The van der Waals surface area contributed by atoms with Gasteiger partial charge in [-0.1, -0.05) is 6.07 Å². The number of amides is 1. The van der Waals surface area contributed by atoms with Crippen molar-refractivity contribution in [2.75, 3.05) is 39.1 Å². The first-order chi connectivity index (χ1) is 14.2. The molecule has 1 saturated carbocycles. The summed E-state index contributed by atoms with van der Waals surface area (Å²) in [4.78, 5) is 21.3. The summed E-state index contributed by atoms with van der Waals surface area (Å²) in [6.07, 6.45) is 4.10. The number of hydrogen-bond donors (Lipinski definition) is 1. The number of carbonyl (C=O) groups is 1. The predicted molar refractivity (Wildman–Crippen MR) is 114 cm³/mol. The van der Waals surface area contributed by atoms with Crippen LogP contribution in [0.5, 0.6) is 0 Å². The zero-order valence-electron chi connectivity index (χ0n) is 16.4. The summed E-state index contributed by atoms with van der Waals surface area (Å²) in [6.45, 7) is 3.61. The Bertz CT molecular complexity index is 900. The summed E-state index contributed by atoms with van der Waals surface area (Å²) in [7, 11) is 0. The first-order valence-electron chi connectivity index (χ1n) is 9.83. The maximum absolute atomic E-state index is 13.1. The number of rotatable bonds is 7. The number of aromatic nitrogens is 1. The highest BCUT2D eigenvalue weighted by atomic mass is 32.2. The van der Waals surface area contributed by atoms with Crippen molar-refractivity contribution in [3.63, 3.8) is 0 Å². The number of hydrogen-bond acceptors (Lipinski definition) is 7. The number of pyridine rings is 1. The minimum absolute atomic E-state index is 0.109. The first-order valence-corrected chi connectivity index (χ1v) is 11.9. The molecule has 1 N–H and O–H groups in total. The van der Waals surface area contributed by atoms with Crippen molar-refractivity contribution in [2.24, 2.45) is 0 Å². The molecule has 1 aliphatic carbocycles. The second-order valence-electron chi connectivity index (χ2n) is 7.25. The normalized spacial score (nSPS) is 18.2. The van der Waals surface area contributed by atoms with Crippen LogP contribution in [0.4, 0.5) is 0 Å². The van der Waals surface area contributed by atoms with E-state index in [0.717, 1.165) is 31.6 Å². The van der Waals surface area contributed by atoms with Crippen LogP contribution in [0.2, 0.25) is 0 Å². The monoisotopic (exact) mass is 428 g/mol. The van der Waals surface area contributed by atoms with Crippen LogP contribution in [0.15, 0.2) is 28.6 Å². The van der Waals surface area contributed by atoms with E-state index in [1.807, 2.05) is 18.4 Å². The first kappa shape index (κ1) is 20.4. The Morgan fingerprint density at radius 2 is 2.28 bits per heavy atom. The minimum Gasteiger partial charge on any atom is -0.379 e. The topological polar surface area (TPSA) is 78.2 Å². The van der Waals surface area contributed by atoms with Crippen molar-refractivity contribution in [3.8, 4) is 6.07 Å². The van der Waals surface area contributed by atoms with E-state index in [1.165, 1.54) is 16.6 Å². The molecule has 1 amide bonds. The van der Waals surface area contributed by atoms with Crippen molar-refractivity contribution in [1.82, 2.24) is 15.2 Å². The Balaban J connectivity index is 1.55. The van der Waals surface area contributed by atoms with Gasteiger partial charge in [0.15, 0.2) is 0 Å². The third kappa shape index (κ3) is 4.64. The Morgan fingerprint density at radius 3 is 2.90 bits per heavy atom. The maximum atomic E-state index is 13.1. The molecule has 0 bridgehead atoms. The molecule has 1 unspecified atom stereocenters. The van der Waals surface area contributed by atoms with Crippen LogP contribution in [-0.4, -0.2) is 54.9 Å². The Kier molecular flexibility index (Phi) is 6.50. The number of thiophene rings is 1. The standard InChI is InChI=1S/C21H24N4O2S2/c1-28-21-16(12-22)15(11-17(24-21)14-4-5-14)20(26)23-13-18(19-3-2-10-29-19)25-6-8-27-9-7-25/h2-3,10-11,14,18H,4-9,13H2,1H3,(H,23,26). The van der Waals surface area contributed by atoms with Crippen molar-refractivity contribution in [3.05, 3.63) is 45.3 Å². The molecule has 1 atom stereocenters. The fraction of sp³-hybridized carbons (Fsp3) is 0.476. The predicted octanol–water partition coefficient (Wildman–Crippen LogP) is 3.42. The lowest BCUT2D eigenvalue weighted by molar-refractivity contribution is 0.0169. The van der Waals surface area contributed by atoms with E-state index in [0.29, 0.717) is 41.8 Å². The summed E-state index contributed by atoms with van der Waals surface area (Å²) in [5.74, 6) is 0.225. The van der Waals surface area contributed by atoms with E-state index >= 15 is 0 Å². The molecule has 2 fully saturated rings. The van der Waals surface area contributed by atoms with Gasteiger partial charge < -0.3 is 10.1 Å². The molecule has 2 aliphatic rings. The van der Waals surface area contributed by atoms with Crippen LogP contribution in [-0.2, 0) is 4.74 Å². The summed E-state index contributed by atoms with van der Waals surface area (Å²) >= 11 is 3.12. The van der Waals surface area contributed by atoms with Gasteiger partial charge in [0, 0.05) is 36.1 Å². The van der Waals surface area contributed by atoms with Crippen LogP contribution < -0.4 is 5.32 Å². The Morgan fingerprint density at radius 1 is 1.48 bits per heavy atom. The molecule has 2 aromatic heterocycles. The van der Waals surface area contributed by atoms with Crippen molar-refractivity contribution < 1.29 is 9.53 Å². The number of carbonyl (C=O) groups excluding carboxylic acids is 1. The number of ether oxygens (including phenoxy) is 1. The van der Waals surface area contributed by atoms with Crippen LogP contribution in [0.1, 0.15) is 51.3 Å². The highest BCUT2D eigenvalue weighted by Gasteiger charge is 2.29. The largest absolute Gasteiger partial charge is 0.379 e. The Labute approximate surface area is 179 Å². The van der Waals surface area contributed by atoms with Gasteiger partial charge >= 0.3 is 0 Å². The molecule has 3 heterocycles. The molecule has 2 aromatic rings. The minimum atomic E-state index is -0.198. The van der Waals surface area contributed by atoms with Gasteiger partial charge in [0.2, 0.25) is 0 Å². The second-order valence-corrected chi connectivity index (χ2v) is 9.03. The van der Waals surface area contributed by atoms with Gasteiger partial charge in [-0.05, 0) is 36.6 Å². The van der Waals surface area contributed by atoms with Crippen molar-refractivity contribution >= 4 is 29.0 Å². The molecule has 8 heteroatoms. The maximum Gasteiger partial charge on any atom is 0.252 e. The smallest absolute Gasteiger partial charge is 0.252 e. The van der Waals surface area contributed by atoms with Crippen LogP contribution in [0.25, 0.3) is 0 Å². The fourth-order valence-corrected chi connectivity index (χ4v) is 5.05. The molecule has 1 saturated heterocycles. The molecule has 0 aromatic carbocycles. The second kappa shape index (κ2) is 9.26. The van der Waals surface area contributed by atoms with E-state index < -0.39 is 0 Å². The number of morpholine rings is 1. The zero-order chi connectivity index (χ0) is 20.2. The molecule has 4 rings (SSSR count). The molecular formula is C21H24N4O2S2. The number of nitrogens with one attached hydrogen (secondary N) is 1. The van der Waals surface area contributed by atoms with Crippen LogP contribution >= 0.6 is 23.1 Å². The van der Waals surface area contributed by atoms with E-state index in [-0.39, 0.29) is 11.9 Å². The van der Waals surface area contributed by atoms with Gasteiger partial charge in [0.05, 0.1) is 30.4 Å². The summed E-state index contributed by atoms with van der Waals surface area (Å²) in [6, 6.07) is 8.27. The van der Waals surface area contributed by atoms with Crippen LogP contribution in [0.3, 0.4) is 0 Å². The van der Waals surface area contributed by atoms with Crippen LogP contribution in [0, 0.1) is 11.3 Å².